The minimum atomic E-state index is -0.573. The number of hydrogen-bond donors (Lipinski definition) is 1. The molecule has 21 heavy (non-hydrogen) atoms. The number of benzene rings is 2. The first-order valence-electron chi connectivity index (χ1n) is 5.87. The number of nitro benzene ring substituents is 1. The van der Waals surface area contributed by atoms with Gasteiger partial charge in [0.25, 0.3) is 5.69 Å². The molecular formula is C14H10BrN3O3. The number of rotatable bonds is 4. The van der Waals surface area contributed by atoms with Gasteiger partial charge >= 0.3 is 0 Å². The van der Waals surface area contributed by atoms with E-state index >= 15 is 0 Å². The molecule has 0 saturated heterocycles. The molecule has 0 spiro atoms. The second kappa shape index (κ2) is 6.24. The zero-order valence-corrected chi connectivity index (χ0v) is 12.3. The van der Waals surface area contributed by atoms with Gasteiger partial charge in [-0.25, -0.2) is 0 Å². The van der Waals surface area contributed by atoms with E-state index in [4.69, 9.17) is 15.7 Å². The highest BCUT2D eigenvalue weighted by Crippen LogP contribution is 2.35. The summed E-state index contributed by atoms with van der Waals surface area (Å²) in [5, 5.41) is 19.9. The van der Waals surface area contributed by atoms with Gasteiger partial charge < -0.3 is 10.5 Å². The lowest BCUT2D eigenvalue weighted by molar-refractivity contribution is -0.384. The maximum atomic E-state index is 10.9. The van der Waals surface area contributed by atoms with Gasteiger partial charge in [-0.05, 0) is 12.1 Å². The van der Waals surface area contributed by atoms with Gasteiger partial charge in [-0.15, -0.1) is 0 Å². The molecule has 2 rings (SSSR count). The number of nitrogens with two attached hydrogens (primary N) is 1. The molecule has 2 aromatic rings. The molecule has 0 atom stereocenters. The second-order valence-electron chi connectivity index (χ2n) is 4.15. The van der Waals surface area contributed by atoms with Crippen LogP contribution in [-0.2, 0) is 6.61 Å². The molecule has 7 heteroatoms. The van der Waals surface area contributed by atoms with Gasteiger partial charge in [-0.2, -0.15) is 5.26 Å². The molecule has 0 aliphatic heterocycles. The molecule has 0 bridgehead atoms. The fourth-order valence-corrected chi connectivity index (χ4v) is 2.19. The Bertz CT molecular complexity index is 741. The Morgan fingerprint density at radius 1 is 1.38 bits per heavy atom. The van der Waals surface area contributed by atoms with Crippen molar-refractivity contribution in [2.75, 3.05) is 5.73 Å². The lowest BCUT2D eigenvalue weighted by Crippen LogP contribution is -2.03. The topological polar surface area (TPSA) is 102 Å². The van der Waals surface area contributed by atoms with Crippen molar-refractivity contribution in [3.8, 4) is 11.8 Å². The number of anilines is 1. The highest BCUT2D eigenvalue weighted by atomic mass is 79.9. The van der Waals surface area contributed by atoms with E-state index in [0.717, 1.165) is 0 Å². The van der Waals surface area contributed by atoms with Gasteiger partial charge in [-0.1, -0.05) is 34.1 Å². The van der Waals surface area contributed by atoms with Gasteiger partial charge in [0.1, 0.15) is 6.61 Å². The smallest absolute Gasteiger partial charge is 0.297 e. The van der Waals surface area contributed by atoms with E-state index in [1.807, 2.05) is 0 Å². The molecule has 0 unspecified atom stereocenters. The maximum absolute atomic E-state index is 10.9. The van der Waals surface area contributed by atoms with Crippen LogP contribution in [0.2, 0.25) is 0 Å². The summed E-state index contributed by atoms with van der Waals surface area (Å²) >= 11 is 3.18. The van der Waals surface area contributed by atoms with Crippen LogP contribution < -0.4 is 10.5 Å². The first-order chi connectivity index (χ1) is 10.0. The minimum absolute atomic E-state index is 0.0439. The van der Waals surface area contributed by atoms with Crippen molar-refractivity contribution in [3.63, 3.8) is 0 Å². The van der Waals surface area contributed by atoms with Crippen LogP contribution in [0.15, 0.2) is 40.9 Å². The van der Waals surface area contributed by atoms with E-state index in [0.29, 0.717) is 15.6 Å². The van der Waals surface area contributed by atoms with Gasteiger partial charge in [0.2, 0.25) is 0 Å². The van der Waals surface area contributed by atoms with Crippen LogP contribution in [0.4, 0.5) is 11.4 Å². The first kappa shape index (κ1) is 14.8. The van der Waals surface area contributed by atoms with Crippen molar-refractivity contribution in [2.24, 2.45) is 0 Å². The Balaban J connectivity index is 2.29. The summed E-state index contributed by atoms with van der Waals surface area (Å²) in [6, 6.07) is 11.9. The molecule has 0 saturated carbocycles. The van der Waals surface area contributed by atoms with Gasteiger partial charge in [-0.3, -0.25) is 10.1 Å². The minimum Gasteiger partial charge on any atom is -0.486 e. The van der Waals surface area contributed by atoms with Crippen LogP contribution in [0.5, 0.6) is 5.75 Å². The quantitative estimate of drug-likeness (QED) is 0.518. The number of nitrogens with zero attached hydrogens (tertiary/aromatic N) is 2. The average Bonchev–Trinajstić information content (AvgIpc) is 2.47. The Kier molecular flexibility index (Phi) is 4.40. The Labute approximate surface area is 129 Å². The zero-order chi connectivity index (χ0) is 15.4. The summed E-state index contributed by atoms with van der Waals surface area (Å²) < 4.78 is 6.02. The van der Waals surface area contributed by atoms with Gasteiger partial charge in [0.15, 0.2) is 11.4 Å². The van der Waals surface area contributed by atoms with Crippen LogP contribution in [0.3, 0.4) is 0 Å². The Hall–Kier alpha value is -2.59. The molecule has 0 fully saturated rings. The molecule has 0 aliphatic rings. The molecule has 6 nitrogen and oxygen atoms in total. The molecule has 0 radical (unpaired) electrons. The van der Waals surface area contributed by atoms with Crippen molar-refractivity contribution in [2.45, 2.75) is 6.61 Å². The standard InChI is InChI=1S/C14H10BrN3O3/c15-11-5-12(18(19)20)14(17)13(6-11)21-8-10-4-2-1-3-9(10)7-16/h1-6H,8,17H2. The van der Waals surface area contributed by atoms with Crippen molar-refractivity contribution in [1.29, 1.82) is 5.26 Å². The number of halogens is 1. The van der Waals surface area contributed by atoms with Crippen LogP contribution in [-0.4, -0.2) is 4.92 Å². The number of nitro groups is 1. The SMILES string of the molecule is N#Cc1ccccc1COc1cc(Br)cc([N+](=O)[O-])c1N. The highest BCUT2D eigenvalue weighted by Gasteiger charge is 2.18. The fraction of sp³-hybridized carbons (Fsp3) is 0.0714. The fourth-order valence-electron chi connectivity index (χ4n) is 1.76. The third-order valence-electron chi connectivity index (χ3n) is 2.80. The lowest BCUT2D eigenvalue weighted by atomic mass is 10.1. The van der Waals surface area contributed by atoms with Crippen molar-refractivity contribution in [1.82, 2.24) is 0 Å². The monoisotopic (exact) mass is 347 g/mol. The summed E-state index contributed by atoms with van der Waals surface area (Å²) in [5.74, 6) is 0.198. The zero-order valence-electron chi connectivity index (χ0n) is 10.7. The van der Waals surface area contributed by atoms with E-state index in [1.165, 1.54) is 6.07 Å². The summed E-state index contributed by atoms with van der Waals surface area (Å²) in [4.78, 5) is 10.3. The largest absolute Gasteiger partial charge is 0.486 e. The summed E-state index contributed by atoms with van der Waals surface area (Å²) in [7, 11) is 0. The average molecular weight is 348 g/mol. The van der Waals surface area contributed by atoms with Crippen molar-refractivity contribution < 1.29 is 9.66 Å². The third kappa shape index (κ3) is 3.30. The lowest BCUT2D eigenvalue weighted by Gasteiger charge is -2.10. The predicted octanol–water partition coefficient (Wildman–Crippen LogP) is 3.39. The molecule has 0 aliphatic carbocycles. The predicted molar refractivity (Wildman–Crippen MR) is 80.7 cm³/mol. The van der Waals surface area contributed by atoms with Crippen molar-refractivity contribution >= 4 is 27.3 Å². The number of nitriles is 1. The number of ether oxygens (including phenoxy) is 1. The summed E-state index contributed by atoms with van der Waals surface area (Å²) in [6.07, 6.45) is 0. The third-order valence-corrected chi connectivity index (χ3v) is 3.26. The van der Waals surface area contributed by atoms with Crippen LogP contribution in [0.25, 0.3) is 0 Å². The Morgan fingerprint density at radius 3 is 2.76 bits per heavy atom. The molecule has 2 aromatic carbocycles. The van der Waals surface area contributed by atoms with E-state index < -0.39 is 4.92 Å². The highest BCUT2D eigenvalue weighted by molar-refractivity contribution is 9.10. The molecule has 0 heterocycles. The molecule has 0 amide bonds. The molecule has 106 valence electrons. The summed E-state index contributed by atoms with van der Waals surface area (Å²) in [6.45, 7) is 0.0988. The van der Waals surface area contributed by atoms with Crippen LogP contribution >= 0.6 is 15.9 Å². The second-order valence-corrected chi connectivity index (χ2v) is 5.07. The Morgan fingerprint density at radius 2 is 2.10 bits per heavy atom. The summed E-state index contributed by atoms with van der Waals surface area (Å²) in [5.41, 5.74) is 6.63. The number of nitrogen functional groups attached to an aromatic ring is 1. The van der Waals surface area contributed by atoms with Crippen molar-refractivity contribution in [3.05, 3.63) is 62.1 Å². The molecular weight excluding hydrogens is 338 g/mol. The van der Waals surface area contributed by atoms with E-state index in [2.05, 4.69) is 22.0 Å². The van der Waals surface area contributed by atoms with E-state index in [9.17, 15) is 10.1 Å². The normalized spacial score (nSPS) is 9.90. The first-order valence-corrected chi connectivity index (χ1v) is 6.66. The van der Waals surface area contributed by atoms with Crippen LogP contribution in [0.1, 0.15) is 11.1 Å². The molecule has 2 N–H and O–H groups in total. The molecule has 0 aromatic heterocycles. The van der Waals surface area contributed by atoms with Crippen LogP contribution in [0, 0.1) is 21.4 Å². The maximum Gasteiger partial charge on any atom is 0.297 e. The number of hydrogen-bond acceptors (Lipinski definition) is 5. The van der Waals surface area contributed by atoms with E-state index in [1.54, 1.807) is 30.3 Å². The van der Waals surface area contributed by atoms with Gasteiger partial charge in [0.05, 0.1) is 16.6 Å². The van der Waals surface area contributed by atoms with E-state index in [-0.39, 0.29) is 23.7 Å². The van der Waals surface area contributed by atoms with Gasteiger partial charge in [0, 0.05) is 16.1 Å².